The van der Waals surface area contributed by atoms with Crippen molar-refractivity contribution in [1.29, 1.82) is 0 Å². The number of hydrogen-bond donors (Lipinski definition) is 0. The lowest BCUT2D eigenvalue weighted by molar-refractivity contribution is -0.128. The lowest BCUT2D eigenvalue weighted by atomic mass is 9.95. The van der Waals surface area contributed by atoms with Gasteiger partial charge in [-0.25, -0.2) is 0 Å². The normalized spacial score (nSPS) is 27.1. The number of halogens is 4. The lowest BCUT2D eigenvalue weighted by Gasteiger charge is -2.20. The number of rotatable bonds is 2. The predicted octanol–water partition coefficient (Wildman–Crippen LogP) is 3.24. The second-order valence-corrected chi connectivity index (χ2v) is 7.08. The fourth-order valence-corrected chi connectivity index (χ4v) is 3.23. The molecule has 15 heavy (non-hydrogen) atoms. The summed E-state index contributed by atoms with van der Waals surface area (Å²) < 4.78 is -1.22. The van der Waals surface area contributed by atoms with Crippen molar-refractivity contribution in [2.45, 2.75) is 17.1 Å². The molecule has 1 amide bonds. The molecule has 1 fully saturated rings. The van der Waals surface area contributed by atoms with Crippen LogP contribution in [0.1, 0.15) is 13.3 Å². The van der Waals surface area contributed by atoms with Crippen molar-refractivity contribution in [2.24, 2.45) is 11.8 Å². The minimum Gasteiger partial charge on any atom is -0.342 e. The maximum atomic E-state index is 11.2. The minimum atomic E-state index is -1.22. The molecule has 0 aromatic rings. The van der Waals surface area contributed by atoms with Gasteiger partial charge in [-0.1, -0.05) is 50.7 Å². The van der Waals surface area contributed by atoms with Crippen LogP contribution in [0.25, 0.3) is 0 Å². The fourth-order valence-electron chi connectivity index (χ4n) is 1.90. The molecular weight excluding hydrogens is 324 g/mol. The summed E-state index contributed by atoms with van der Waals surface area (Å²) in [5, 5.41) is 0.836. The van der Waals surface area contributed by atoms with Crippen molar-refractivity contribution < 1.29 is 4.79 Å². The highest BCUT2D eigenvalue weighted by atomic mass is 79.9. The van der Waals surface area contributed by atoms with E-state index in [4.69, 9.17) is 34.8 Å². The Bertz CT molecular complexity index is 244. The molecule has 6 heteroatoms. The molecule has 0 N–H and O–H groups in total. The average Bonchev–Trinajstić information content (AvgIpc) is 2.44. The van der Waals surface area contributed by atoms with Crippen LogP contribution in [-0.2, 0) is 4.79 Å². The van der Waals surface area contributed by atoms with Crippen LogP contribution in [0.2, 0.25) is 0 Å². The molecule has 2 atom stereocenters. The van der Waals surface area contributed by atoms with Crippen LogP contribution >= 0.6 is 50.7 Å². The molecule has 1 aliphatic rings. The minimum absolute atomic E-state index is 0.0905. The van der Waals surface area contributed by atoms with Gasteiger partial charge in [0.15, 0.2) is 3.79 Å². The van der Waals surface area contributed by atoms with Crippen LogP contribution in [-0.4, -0.2) is 33.0 Å². The molecule has 0 saturated carbocycles. The van der Waals surface area contributed by atoms with Gasteiger partial charge in [0, 0.05) is 25.3 Å². The van der Waals surface area contributed by atoms with E-state index >= 15 is 0 Å². The first-order chi connectivity index (χ1) is 6.83. The van der Waals surface area contributed by atoms with E-state index in [1.54, 1.807) is 6.92 Å². The molecule has 0 aromatic carbocycles. The number of carbonyl (C=O) groups excluding carboxylic acids is 1. The molecule has 0 aliphatic carbocycles. The van der Waals surface area contributed by atoms with Gasteiger partial charge in [-0.05, 0) is 18.3 Å². The van der Waals surface area contributed by atoms with Crippen LogP contribution in [0.15, 0.2) is 0 Å². The summed E-state index contributed by atoms with van der Waals surface area (Å²) in [6.45, 7) is 3.02. The van der Waals surface area contributed by atoms with Gasteiger partial charge in [-0.2, -0.15) is 0 Å². The maximum Gasteiger partial charge on any atom is 0.219 e. The third-order valence-electron chi connectivity index (χ3n) is 2.71. The molecule has 1 saturated heterocycles. The highest BCUT2D eigenvalue weighted by Gasteiger charge is 2.37. The average molecular weight is 337 g/mol. The van der Waals surface area contributed by atoms with E-state index in [0.717, 1.165) is 11.9 Å². The van der Waals surface area contributed by atoms with Crippen molar-refractivity contribution in [2.75, 3.05) is 18.4 Å². The van der Waals surface area contributed by atoms with Gasteiger partial charge in [0.25, 0.3) is 0 Å². The number of alkyl halides is 4. The molecule has 0 radical (unpaired) electrons. The number of hydrogen-bond acceptors (Lipinski definition) is 1. The Balaban J connectivity index is 2.60. The lowest BCUT2D eigenvalue weighted by Crippen LogP contribution is -2.26. The summed E-state index contributed by atoms with van der Waals surface area (Å²) in [6.07, 6.45) is 0.498. The Hall–Kier alpha value is 0.820. The van der Waals surface area contributed by atoms with Gasteiger partial charge in [-0.15, -0.1) is 0 Å². The zero-order valence-electron chi connectivity index (χ0n) is 8.35. The van der Waals surface area contributed by atoms with E-state index in [-0.39, 0.29) is 11.8 Å². The molecule has 1 rings (SSSR count). The number of carbonyl (C=O) groups is 1. The van der Waals surface area contributed by atoms with Gasteiger partial charge < -0.3 is 4.90 Å². The van der Waals surface area contributed by atoms with Crippen molar-refractivity contribution in [3.8, 4) is 0 Å². The predicted molar refractivity (Wildman–Crippen MR) is 67.9 cm³/mol. The second-order valence-electron chi connectivity index (χ2n) is 3.92. The largest absolute Gasteiger partial charge is 0.342 e. The molecule has 88 valence electrons. The SMILES string of the molecule is CC(=O)N1C[C@H](CBr)[C@H](CC(Cl)(Cl)Cl)C1. The molecule has 1 aliphatic heterocycles. The molecule has 2 nitrogen and oxygen atoms in total. The first kappa shape index (κ1) is 13.9. The van der Waals surface area contributed by atoms with Crippen LogP contribution in [0.4, 0.5) is 0 Å². The monoisotopic (exact) mass is 335 g/mol. The van der Waals surface area contributed by atoms with Crippen LogP contribution in [0, 0.1) is 11.8 Å². The van der Waals surface area contributed by atoms with Crippen molar-refractivity contribution >= 4 is 56.6 Å². The van der Waals surface area contributed by atoms with E-state index < -0.39 is 3.79 Å². The Morgan fingerprint density at radius 2 is 1.93 bits per heavy atom. The summed E-state index contributed by atoms with van der Waals surface area (Å²) >= 11 is 20.8. The standard InChI is InChI=1S/C9H13BrCl3NO/c1-6(15)14-4-7(2-9(11,12)13)8(3-10)5-14/h7-8H,2-5H2,1H3/t7-,8+/m1/s1. The summed E-state index contributed by atoms with van der Waals surface area (Å²) in [5.74, 6) is 0.734. The van der Waals surface area contributed by atoms with Gasteiger partial charge in [0.2, 0.25) is 5.91 Å². The molecule has 1 heterocycles. The summed E-state index contributed by atoms with van der Waals surface area (Å²) in [4.78, 5) is 13.0. The smallest absolute Gasteiger partial charge is 0.219 e. The third kappa shape index (κ3) is 4.29. The van der Waals surface area contributed by atoms with Crippen molar-refractivity contribution in [1.82, 2.24) is 4.90 Å². The van der Waals surface area contributed by atoms with E-state index in [1.165, 1.54) is 0 Å². The van der Waals surface area contributed by atoms with Crippen LogP contribution < -0.4 is 0 Å². The molecule has 0 unspecified atom stereocenters. The Kier molecular flexibility index (Phi) is 5.03. The molecule has 0 aromatic heterocycles. The third-order valence-corrected chi connectivity index (χ3v) is 4.01. The molecule has 0 bridgehead atoms. The number of amides is 1. The first-order valence-electron chi connectivity index (χ1n) is 4.71. The highest BCUT2D eigenvalue weighted by molar-refractivity contribution is 9.09. The fraction of sp³-hybridized carbons (Fsp3) is 0.889. The summed E-state index contributed by atoms with van der Waals surface area (Å²) in [7, 11) is 0. The first-order valence-corrected chi connectivity index (χ1v) is 6.97. The zero-order valence-corrected chi connectivity index (χ0v) is 12.2. The highest BCUT2D eigenvalue weighted by Crippen LogP contribution is 2.39. The van der Waals surface area contributed by atoms with Crippen LogP contribution in [0.5, 0.6) is 0 Å². The van der Waals surface area contributed by atoms with Crippen molar-refractivity contribution in [3.63, 3.8) is 0 Å². The van der Waals surface area contributed by atoms with Crippen LogP contribution in [0.3, 0.4) is 0 Å². The Labute approximate surface area is 113 Å². The van der Waals surface area contributed by atoms with E-state index in [1.807, 2.05) is 4.90 Å². The Morgan fingerprint density at radius 1 is 1.40 bits per heavy atom. The van der Waals surface area contributed by atoms with E-state index in [2.05, 4.69) is 15.9 Å². The van der Waals surface area contributed by atoms with E-state index in [0.29, 0.717) is 18.9 Å². The van der Waals surface area contributed by atoms with Gasteiger partial charge >= 0.3 is 0 Å². The van der Waals surface area contributed by atoms with Gasteiger partial charge in [0.1, 0.15) is 0 Å². The Morgan fingerprint density at radius 3 is 2.33 bits per heavy atom. The summed E-state index contributed by atoms with van der Waals surface area (Å²) in [6, 6.07) is 0. The topological polar surface area (TPSA) is 20.3 Å². The van der Waals surface area contributed by atoms with Crippen molar-refractivity contribution in [3.05, 3.63) is 0 Å². The number of likely N-dealkylation sites (tertiary alicyclic amines) is 1. The molecule has 0 spiro atoms. The van der Waals surface area contributed by atoms with E-state index in [9.17, 15) is 4.79 Å². The van der Waals surface area contributed by atoms with Gasteiger partial charge in [0.05, 0.1) is 0 Å². The second kappa shape index (κ2) is 5.44. The quantitative estimate of drug-likeness (QED) is 0.709. The maximum absolute atomic E-state index is 11.2. The molecular formula is C9H13BrCl3NO. The number of nitrogens with zero attached hydrogens (tertiary/aromatic N) is 1. The zero-order chi connectivity index (χ0) is 11.6. The van der Waals surface area contributed by atoms with Gasteiger partial charge in [-0.3, -0.25) is 4.79 Å². The summed E-state index contributed by atoms with van der Waals surface area (Å²) in [5.41, 5.74) is 0.